The van der Waals surface area contributed by atoms with E-state index in [1.807, 2.05) is 11.3 Å². The van der Waals surface area contributed by atoms with Crippen molar-refractivity contribution in [1.29, 1.82) is 0 Å². The van der Waals surface area contributed by atoms with Crippen molar-refractivity contribution in [3.05, 3.63) is 37.0 Å². The smallest absolute Gasteiger partial charge is 0.115 e. The molecule has 2 aromatic heterocycles. The molecule has 0 saturated carbocycles. The van der Waals surface area contributed by atoms with Gasteiger partial charge in [-0.2, -0.15) is 0 Å². The summed E-state index contributed by atoms with van der Waals surface area (Å²) in [7, 11) is 0. The minimum atomic E-state index is 0.248. The topological polar surface area (TPSA) is 24.9 Å². The fraction of sp³-hybridized carbons (Fsp3) is 0.500. The Kier molecular flexibility index (Phi) is 4.20. The highest BCUT2D eigenvalue weighted by Gasteiger charge is 2.20. The summed E-state index contributed by atoms with van der Waals surface area (Å²) in [6.07, 6.45) is 0. The van der Waals surface area contributed by atoms with Crippen LogP contribution in [0.2, 0.25) is 0 Å². The maximum Gasteiger partial charge on any atom is 0.115 e. The minimum Gasteiger partial charge on any atom is -0.305 e. The van der Waals surface area contributed by atoms with Gasteiger partial charge < -0.3 is 5.32 Å². The van der Waals surface area contributed by atoms with Gasteiger partial charge in [-0.25, -0.2) is 4.98 Å². The van der Waals surface area contributed by atoms with Gasteiger partial charge in [-0.1, -0.05) is 6.92 Å². The van der Waals surface area contributed by atoms with Crippen molar-refractivity contribution in [1.82, 2.24) is 10.3 Å². The first-order valence-corrected chi connectivity index (χ1v) is 7.90. The van der Waals surface area contributed by atoms with Crippen LogP contribution in [0.25, 0.3) is 0 Å². The average Bonchev–Trinajstić information content (AvgIpc) is 2.79. The number of hydrogen-bond acceptors (Lipinski definition) is 4. The lowest BCUT2D eigenvalue weighted by molar-refractivity contribution is 0.625. The molecule has 2 rings (SSSR count). The van der Waals surface area contributed by atoms with Crippen molar-refractivity contribution < 1.29 is 0 Å². The van der Waals surface area contributed by atoms with Crippen LogP contribution < -0.4 is 5.32 Å². The van der Waals surface area contributed by atoms with Crippen LogP contribution in [0.3, 0.4) is 0 Å². The van der Waals surface area contributed by atoms with E-state index in [0.717, 1.165) is 12.2 Å². The molecule has 0 fully saturated rings. The Balaban J connectivity index is 2.42. The van der Waals surface area contributed by atoms with E-state index in [-0.39, 0.29) is 6.04 Å². The predicted molar refractivity (Wildman–Crippen MR) is 80.9 cm³/mol. The molecule has 0 aliphatic heterocycles. The van der Waals surface area contributed by atoms with Crippen LogP contribution in [-0.2, 0) is 0 Å². The molecule has 1 unspecified atom stereocenters. The molecule has 0 amide bonds. The Bertz CT molecular complexity index is 520. The SMILES string of the molecule is CCNC(c1nc(C)c(C)s1)c1cc(C)sc1C. The zero-order chi connectivity index (χ0) is 13.3. The lowest BCUT2D eigenvalue weighted by Crippen LogP contribution is -2.22. The molecule has 4 heteroatoms. The fourth-order valence-electron chi connectivity index (χ4n) is 2.09. The summed E-state index contributed by atoms with van der Waals surface area (Å²) >= 11 is 3.67. The van der Waals surface area contributed by atoms with Crippen LogP contribution in [0, 0.1) is 27.7 Å². The number of aryl methyl sites for hydroxylation is 4. The molecule has 18 heavy (non-hydrogen) atoms. The van der Waals surface area contributed by atoms with E-state index in [4.69, 9.17) is 4.98 Å². The lowest BCUT2D eigenvalue weighted by atomic mass is 10.1. The number of nitrogens with zero attached hydrogens (tertiary/aromatic N) is 1. The first-order valence-electron chi connectivity index (χ1n) is 6.27. The Hall–Kier alpha value is -0.710. The highest BCUT2D eigenvalue weighted by atomic mass is 32.1. The fourth-order valence-corrected chi connectivity index (χ4v) is 4.07. The second-order valence-electron chi connectivity index (χ2n) is 4.55. The van der Waals surface area contributed by atoms with Gasteiger partial charge in [0.15, 0.2) is 0 Å². The zero-order valence-corrected chi connectivity index (χ0v) is 13.3. The zero-order valence-electron chi connectivity index (χ0n) is 11.6. The Morgan fingerprint density at radius 3 is 2.33 bits per heavy atom. The standard InChI is InChI=1S/C14H20N2S2/c1-6-15-13(12-7-8(2)17-11(12)5)14-16-9(3)10(4)18-14/h7,13,15H,6H2,1-5H3. The molecule has 1 N–H and O–H groups in total. The van der Waals surface area contributed by atoms with Crippen LogP contribution in [0.4, 0.5) is 0 Å². The molecule has 2 heterocycles. The van der Waals surface area contributed by atoms with Crippen molar-refractivity contribution in [2.45, 2.75) is 40.7 Å². The third-order valence-electron chi connectivity index (χ3n) is 3.09. The molecular weight excluding hydrogens is 260 g/mol. The minimum absolute atomic E-state index is 0.248. The van der Waals surface area contributed by atoms with Crippen molar-refractivity contribution in [2.24, 2.45) is 0 Å². The second kappa shape index (κ2) is 5.51. The van der Waals surface area contributed by atoms with Gasteiger partial charge >= 0.3 is 0 Å². The van der Waals surface area contributed by atoms with Gasteiger partial charge in [0.05, 0.1) is 11.7 Å². The molecule has 0 aliphatic carbocycles. The lowest BCUT2D eigenvalue weighted by Gasteiger charge is -2.15. The molecule has 2 aromatic rings. The maximum atomic E-state index is 4.72. The van der Waals surface area contributed by atoms with Gasteiger partial charge in [0, 0.05) is 14.6 Å². The maximum absolute atomic E-state index is 4.72. The van der Waals surface area contributed by atoms with E-state index < -0.39 is 0 Å². The number of nitrogens with one attached hydrogen (secondary N) is 1. The molecule has 0 saturated heterocycles. The van der Waals surface area contributed by atoms with Crippen molar-refractivity contribution >= 4 is 22.7 Å². The Morgan fingerprint density at radius 2 is 1.89 bits per heavy atom. The van der Waals surface area contributed by atoms with E-state index in [2.05, 4.69) is 46.0 Å². The van der Waals surface area contributed by atoms with E-state index in [0.29, 0.717) is 0 Å². The molecule has 98 valence electrons. The van der Waals surface area contributed by atoms with E-state index in [9.17, 15) is 0 Å². The Morgan fingerprint density at radius 1 is 1.17 bits per heavy atom. The van der Waals surface area contributed by atoms with Gasteiger partial charge in [0.25, 0.3) is 0 Å². The number of rotatable bonds is 4. The summed E-state index contributed by atoms with van der Waals surface area (Å²) in [5, 5.41) is 4.75. The van der Waals surface area contributed by atoms with Gasteiger partial charge in [0.2, 0.25) is 0 Å². The third-order valence-corrected chi connectivity index (χ3v) is 5.21. The summed E-state index contributed by atoms with van der Waals surface area (Å²) < 4.78 is 0. The summed E-state index contributed by atoms with van der Waals surface area (Å²) in [5.74, 6) is 0. The molecular formula is C14H20N2S2. The van der Waals surface area contributed by atoms with Crippen molar-refractivity contribution in [3.63, 3.8) is 0 Å². The summed E-state index contributed by atoms with van der Waals surface area (Å²) in [5.41, 5.74) is 2.54. The monoisotopic (exact) mass is 280 g/mol. The molecule has 0 bridgehead atoms. The summed E-state index contributed by atoms with van der Waals surface area (Å²) in [4.78, 5) is 8.80. The first-order chi connectivity index (χ1) is 8.52. The molecule has 2 nitrogen and oxygen atoms in total. The van der Waals surface area contributed by atoms with E-state index in [1.165, 1.54) is 25.2 Å². The van der Waals surface area contributed by atoms with Gasteiger partial charge in [0.1, 0.15) is 5.01 Å². The first kappa shape index (κ1) is 13.7. The van der Waals surface area contributed by atoms with Gasteiger partial charge in [-0.3, -0.25) is 0 Å². The molecule has 0 spiro atoms. The quantitative estimate of drug-likeness (QED) is 0.910. The van der Waals surface area contributed by atoms with Crippen molar-refractivity contribution in [2.75, 3.05) is 6.54 Å². The van der Waals surface area contributed by atoms with Crippen molar-refractivity contribution in [3.8, 4) is 0 Å². The third kappa shape index (κ3) is 2.66. The number of thiophene rings is 1. The number of aromatic nitrogens is 1. The van der Waals surface area contributed by atoms with Crippen LogP contribution in [0.15, 0.2) is 6.07 Å². The summed E-state index contributed by atoms with van der Waals surface area (Å²) in [6.45, 7) is 11.7. The van der Waals surface area contributed by atoms with Gasteiger partial charge in [-0.15, -0.1) is 22.7 Å². The molecule has 0 aliphatic rings. The van der Waals surface area contributed by atoms with Crippen LogP contribution >= 0.6 is 22.7 Å². The molecule has 0 aromatic carbocycles. The predicted octanol–water partition coefficient (Wildman–Crippen LogP) is 4.14. The van der Waals surface area contributed by atoms with Crippen LogP contribution in [-0.4, -0.2) is 11.5 Å². The molecule has 1 atom stereocenters. The average molecular weight is 280 g/mol. The number of hydrogen-bond donors (Lipinski definition) is 1. The number of thiazole rings is 1. The molecule has 0 radical (unpaired) electrons. The highest BCUT2D eigenvalue weighted by Crippen LogP contribution is 2.33. The van der Waals surface area contributed by atoms with E-state index in [1.54, 1.807) is 11.3 Å². The van der Waals surface area contributed by atoms with Crippen LogP contribution in [0.5, 0.6) is 0 Å². The largest absolute Gasteiger partial charge is 0.305 e. The van der Waals surface area contributed by atoms with Gasteiger partial charge in [-0.05, 0) is 45.9 Å². The highest BCUT2D eigenvalue weighted by molar-refractivity contribution is 7.12. The normalized spacial score (nSPS) is 12.9. The van der Waals surface area contributed by atoms with E-state index >= 15 is 0 Å². The second-order valence-corrected chi connectivity index (χ2v) is 7.25. The Labute approximate surface area is 117 Å². The van der Waals surface area contributed by atoms with Crippen LogP contribution in [0.1, 0.15) is 43.9 Å². The summed E-state index contributed by atoms with van der Waals surface area (Å²) in [6, 6.07) is 2.54.